The van der Waals surface area contributed by atoms with E-state index in [4.69, 9.17) is 0 Å². The number of aryl methyl sites for hydroxylation is 1. The van der Waals surface area contributed by atoms with Crippen LogP contribution in [0.1, 0.15) is 47.3 Å². The number of benzene rings is 2. The van der Waals surface area contributed by atoms with Crippen molar-refractivity contribution in [3.63, 3.8) is 0 Å². The largest absolute Gasteiger partial charge is 0.346 e. The predicted octanol–water partition coefficient (Wildman–Crippen LogP) is 2.67. The first-order valence-electron chi connectivity index (χ1n) is 9.72. The maximum Gasteiger partial charge on any atom is 0.252 e. The van der Waals surface area contributed by atoms with Crippen LogP contribution in [0, 0.1) is 6.92 Å². The summed E-state index contributed by atoms with van der Waals surface area (Å²) < 4.78 is 50.3. The van der Waals surface area contributed by atoms with Crippen molar-refractivity contribution in [3.8, 4) is 0 Å². The summed E-state index contributed by atoms with van der Waals surface area (Å²) in [5, 5.41) is 2.86. The Morgan fingerprint density at radius 3 is 2.10 bits per heavy atom. The quantitative estimate of drug-likeness (QED) is 0.729. The fourth-order valence-corrected chi connectivity index (χ4v) is 5.62. The lowest BCUT2D eigenvalue weighted by atomic mass is 10.1. The summed E-state index contributed by atoms with van der Waals surface area (Å²) in [4.78, 5) is 13.2. The molecule has 0 aromatic heterocycles. The Morgan fingerprint density at radius 2 is 1.53 bits per heavy atom. The standard InChI is InChI=1S/C21H26N2O5S2/c1-15-6-9-19(30(27,28)23-12-4-5-13-23)14-20(15)21(24)22-16(2)17-7-10-18(11-8-17)29(3,25)26/h6-11,14,16H,4-5,12-13H2,1-3H3,(H,22,24)/t16-/m1/s1. The van der Waals surface area contributed by atoms with Gasteiger partial charge >= 0.3 is 0 Å². The summed E-state index contributed by atoms with van der Waals surface area (Å²) in [6.45, 7) is 4.54. The summed E-state index contributed by atoms with van der Waals surface area (Å²) >= 11 is 0. The van der Waals surface area contributed by atoms with Crippen LogP contribution in [0.2, 0.25) is 0 Å². The molecule has 0 unspecified atom stereocenters. The molecule has 1 saturated heterocycles. The third-order valence-electron chi connectivity index (χ3n) is 5.31. The number of sulfone groups is 1. The van der Waals surface area contributed by atoms with E-state index in [1.165, 1.54) is 28.6 Å². The molecule has 0 spiro atoms. The normalized spacial score (nSPS) is 16.4. The molecule has 2 aromatic carbocycles. The molecule has 1 N–H and O–H groups in total. The van der Waals surface area contributed by atoms with Gasteiger partial charge in [0.2, 0.25) is 10.0 Å². The van der Waals surface area contributed by atoms with Crippen molar-refractivity contribution in [2.45, 2.75) is 42.5 Å². The molecule has 1 fully saturated rings. The Morgan fingerprint density at radius 1 is 0.967 bits per heavy atom. The van der Waals surface area contributed by atoms with Crippen molar-refractivity contribution in [1.29, 1.82) is 0 Å². The van der Waals surface area contributed by atoms with Gasteiger partial charge in [0.15, 0.2) is 9.84 Å². The van der Waals surface area contributed by atoms with Crippen LogP contribution in [0.3, 0.4) is 0 Å². The topological polar surface area (TPSA) is 101 Å². The monoisotopic (exact) mass is 450 g/mol. The zero-order valence-electron chi connectivity index (χ0n) is 17.3. The average Bonchev–Trinajstić information content (AvgIpc) is 3.23. The van der Waals surface area contributed by atoms with E-state index >= 15 is 0 Å². The van der Waals surface area contributed by atoms with Gasteiger partial charge in [-0.1, -0.05) is 18.2 Å². The van der Waals surface area contributed by atoms with Crippen LogP contribution in [-0.4, -0.2) is 46.4 Å². The van der Waals surface area contributed by atoms with Crippen LogP contribution >= 0.6 is 0 Å². The first-order chi connectivity index (χ1) is 14.0. The Balaban J connectivity index is 1.81. The zero-order chi connectivity index (χ0) is 22.1. The molecular weight excluding hydrogens is 424 g/mol. The smallest absolute Gasteiger partial charge is 0.252 e. The van der Waals surface area contributed by atoms with E-state index in [-0.39, 0.29) is 21.7 Å². The lowest BCUT2D eigenvalue weighted by Gasteiger charge is -2.18. The van der Waals surface area contributed by atoms with Gasteiger partial charge in [-0.15, -0.1) is 0 Å². The van der Waals surface area contributed by atoms with Crippen LogP contribution in [0.15, 0.2) is 52.3 Å². The minimum absolute atomic E-state index is 0.116. The van der Waals surface area contributed by atoms with E-state index in [1.807, 2.05) is 0 Å². The first-order valence-corrected chi connectivity index (χ1v) is 13.0. The molecule has 1 atom stereocenters. The number of hydrogen-bond acceptors (Lipinski definition) is 5. The van der Waals surface area contributed by atoms with E-state index in [0.717, 1.165) is 24.7 Å². The Kier molecular flexibility index (Phi) is 6.35. The third kappa shape index (κ3) is 4.74. The molecule has 0 aliphatic carbocycles. The Labute approximate surface area is 178 Å². The molecule has 0 bridgehead atoms. The lowest BCUT2D eigenvalue weighted by Crippen LogP contribution is -2.29. The molecule has 162 valence electrons. The van der Waals surface area contributed by atoms with Crippen LogP contribution in [0.4, 0.5) is 0 Å². The molecule has 7 nitrogen and oxygen atoms in total. The number of carbonyl (C=O) groups is 1. The molecule has 1 amide bonds. The van der Waals surface area contributed by atoms with Gasteiger partial charge in [0.05, 0.1) is 15.8 Å². The maximum atomic E-state index is 12.9. The van der Waals surface area contributed by atoms with Gasteiger partial charge in [-0.25, -0.2) is 16.8 Å². The van der Waals surface area contributed by atoms with Gasteiger partial charge in [0, 0.05) is 24.9 Å². The lowest BCUT2D eigenvalue weighted by molar-refractivity contribution is 0.0939. The van der Waals surface area contributed by atoms with Crippen molar-refractivity contribution in [2.24, 2.45) is 0 Å². The number of amides is 1. The third-order valence-corrected chi connectivity index (χ3v) is 8.34. The van der Waals surface area contributed by atoms with E-state index in [0.29, 0.717) is 24.2 Å². The van der Waals surface area contributed by atoms with Crippen molar-refractivity contribution < 1.29 is 21.6 Å². The number of nitrogens with one attached hydrogen (secondary N) is 1. The fraction of sp³-hybridized carbons (Fsp3) is 0.381. The fourth-order valence-electron chi connectivity index (χ4n) is 3.45. The van der Waals surface area contributed by atoms with Gasteiger partial charge in [-0.2, -0.15) is 4.31 Å². The SMILES string of the molecule is Cc1ccc(S(=O)(=O)N2CCCC2)cc1C(=O)N[C@H](C)c1ccc(S(C)(=O)=O)cc1. The molecule has 1 heterocycles. The van der Waals surface area contributed by atoms with Crippen LogP contribution in [0.5, 0.6) is 0 Å². The molecule has 1 aliphatic heterocycles. The van der Waals surface area contributed by atoms with Crippen molar-refractivity contribution >= 4 is 25.8 Å². The van der Waals surface area contributed by atoms with E-state index < -0.39 is 19.9 Å². The maximum absolute atomic E-state index is 12.9. The molecule has 9 heteroatoms. The number of carbonyl (C=O) groups excluding carboxylic acids is 1. The highest BCUT2D eigenvalue weighted by molar-refractivity contribution is 7.90. The molecule has 2 aromatic rings. The minimum Gasteiger partial charge on any atom is -0.346 e. The summed E-state index contributed by atoms with van der Waals surface area (Å²) in [5.41, 5.74) is 1.72. The Bertz CT molecular complexity index is 1150. The molecule has 30 heavy (non-hydrogen) atoms. The predicted molar refractivity (Wildman–Crippen MR) is 115 cm³/mol. The summed E-state index contributed by atoms with van der Waals surface area (Å²) in [5.74, 6) is -0.384. The van der Waals surface area contributed by atoms with E-state index in [2.05, 4.69) is 5.32 Å². The second-order valence-electron chi connectivity index (χ2n) is 7.62. The highest BCUT2D eigenvalue weighted by atomic mass is 32.2. The summed E-state index contributed by atoms with van der Waals surface area (Å²) in [6.07, 6.45) is 2.82. The van der Waals surface area contributed by atoms with Crippen molar-refractivity contribution in [2.75, 3.05) is 19.3 Å². The molecule has 0 saturated carbocycles. The van der Waals surface area contributed by atoms with Crippen LogP contribution in [-0.2, 0) is 19.9 Å². The molecule has 0 radical (unpaired) electrons. The van der Waals surface area contributed by atoms with Crippen molar-refractivity contribution in [3.05, 3.63) is 59.2 Å². The molecule has 1 aliphatic rings. The second kappa shape index (κ2) is 8.49. The van der Waals surface area contributed by atoms with Crippen molar-refractivity contribution in [1.82, 2.24) is 9.62 Å². The van der Waals surface area contributed by atoms with Gasteiger partial charge < -0.3 is 5.32 Å². The average molecular weight is 451 g/mol. The van der Waals surface area contributed by atoms with Gasteiger partial charge in [-0.05, 0) is 62.1 Å². The van der Waals surface area contributed by atoms with E-state index in [1.54, 1.807) is 32.0 Å². The summed E-state index contributed by atoms with van der Waals surface area (Å²) in [7, 11) is -6.91. The Hall–Kier alpha value is -2.23. The highest BCUT2D eigenvalue weighted by Gasteiger charge is 2.28. The highest BCUT2D eigenvalue weighted by Crippen LogP contribution is 2.24. The van der Waals surface area contributed by atoms with E-state index in [9.17, 15) is 21.6 Å². The first kappa shape index (κ1) is 22.5. The summed E-state index contributed by atoms with van der Waals surface area (Å²) in [6, 6.07) is 10.5. The minimum atomic E-state index is -3.61. The number of rotatable bonds is 6. The molecular formula is C21H26N2O5S2. The molecule has 3 rings (SSSR count). The zero-order valence-corrected chi connectivity index (χ0v) is 18.9. The number of hydrogen-bond donors (Lipinski definition) is 1. The second-order valence-corrected chi connectivity index (χ2v) is 11.6. The number of sulfonamides is 1. The van der Waals surface area contributed by atoms with Gasteiger partial charge in [-0.3, -0.25) is 4.79 Å². The van der Waals surface area contributed by atoms with Crippen LogP contribution in [0.25, 0.3) is 0 Å². The van der Waals surface area contributed by atoms with Gasteiger partial charge in [0.25, 0.3) is 5.91 Å². The number of nitrogens with zero attached hydrogens (tertiary/aromatic N) is 1. The van der Waals surface area contributed by atoms with Crippen LogP contribution < -0.4 is 5.32 Å². The van der Waals surface area contributed by atoms with Gasteiger partial charge in [0.1, 0.15) is 0 Å².